The minimum Gasteiger partial charge on any atom is -0.465 e. The Bertz CT molecular complexity index is 789. The molecule has 0 aliphatic heterocycles. The normalized spacial score (nSPS) is 12.9. The molecule has 0 aromatic rings. The van der Waals surface area contributed by atoms with Crippen molar-refractivity contribution in [3.05, 3.63) is 60.8 Å². The summed E-state index contributed by atoms with van der Waals surface area (Å²) in [7, 11) is 0. The second-order valence-corrected chi connectivity index (χ2v) is 12.1. The Kier molecular flexibility index (Phi) is 33.2. The smallest absolute Gasteiger partial charge is 0.305 e. The maximum atomic E-state index is 12.0. The molecule has 0 aromatic carbocycles. The van der Waals surface area contributed by atoms with E-state index in [1.807, 2.05) is 6.92 Å². The van der Waals surface area contributed by atoms with Crippen LogP contribution in [0.3, 0.4) is 0 Å². The highest BCUT2D eigenvalue weighted by molar-refractivity contribution is 5.69. The van der Waals surface area contributed by atoms with E-state index in [0.717, 1.165) is 77.0 Å². The van der Waals surface area contributed by atoms with Crippen LogP contribution in [-0.2, 0) is 19.1 Å². The van der Waals surface area contributed by atoms with E-state index in [1.165, 1.54) is 51.4 Å². The summed E-state index contributed by atoms with van der Waals surface area (Å²) < 4.78 is 10.8. The van der Waals surface area contributed by atoms with Crippen LogP contribution in [0, 0.1) is 5.92 Å². The van der Waals surface area contributed by atoms with E-state index in [2.05, 4.69) is 74.6 Å². The van der Waals surface area contributed by atoms with Crippen LogP contribution in [0.5, 0.6) is 0 Å². The molecule has 0 bridgehead atoms. The maximum absolute atomic E-state index is 12.0. The number of hydrogen-bond donors (Lipinski definition) is 0. The lowest BCUT2D eigenvalue weighted by Gasteiger charge is -2.13. The van der Waals surface area contributed by atoms with Gasteiger partial charge in [-0.3, -0.25) is 9.59 Å². The van der Waals surface area contributed by atoms with Crippen LogP contribution in [0.15, 0.2) is 60.8 Å². The first-order valence-electron chi connectivity index (χ1n) is 18.2. The van der Waals surface area contributed by atoms with E-state index in [1.54, 1.807) is 0 Å². The summed E-state index contributed by atoms with van der Waals surface area (Å²) in [5, 5.41) is 0. The number of ether oxygens (including phenoxy) is 2. The van der Waals surface area contributed by atoms with Gasteiger partial charge in [-0.15, -0.1) is 0 Å². The third kappa shape index (κ3) is 34.1. The van der Waals surface area contributed by atoms with Crippen molar-refractivity contribution in [3.8, 4) is 0 Å². The predicted molar refractivity (Wildman–Crippen MR) is 190 cm³/mol. The van der Waals surface area contributed by atoms with Gasteiger partial charge in [0.1, 0.15) is 0 Å². The molecule has 0 spiro atoms. The molecule has 0 aromatic heterocycles. The fourth-order valence-corrected chi connectivity index (χ4v) is 4.63. The van der Waals surface area contributed by atoms with Crippen LogP contribution in [0.1, 0.15) is 162 Å². The number of unbranched alkanes of at least 4 members (excludes halogenated alkanes) is 13. The van der Waals surface area contributed by atoms with E-state index in [0.29, 0.717) is 26.1 Å². The summed E-state index contributed by atoms with van der Waals surface area (Å²) >= 11 is 0. The van der Waals surface area contributed by atoms with E-state index < -0.39 is 0 Å². The van der Waals surface area contributed by atoms with Crippen molar-refractivity contribution in [2.75, 3.05) is 13.2 Å². The van der Waals surface area contributed by atoms with Gasteiger partial charge in [-0.1, -0.05) is 133 Å². The number of carbonyl (C=O) groups is 2. The van der Waals surface area contributed by atoms with Crippen molar-refractivity contribution in [2.45, 2.75) is 162 Å². The van der Waals surface area contributed by atoms with E-state index >= 15 is 0 Å². The van der Waals surface area contributed by atoms with Gasteiger partial charge in [0.25, 0.3) is 0 Å². The fourth-order valence-electron chi connectivity index (χ4n) is 4.63. The Morgan fingerprint density at radius 3 is 1.27 bits per heavy atom. The maximum Gasteiger partial charge on any atom is 0.305 e. The van der Waals surface area contributed by atoms with E-state index in [9.17, 15) is 9.59 Å². The average molecular weight is 613 g/mol. The first-order valence-corrected chi connectivity index (χ1v) is 18.2. The van der Waals surface area contributed by atoms with E-state index in [4.69, 9.17) is 9.47 Å². The van der Waals surface area contributed by atoms with Crippen molar-refractivity contribution in [1.29, 1.82) is 0 Å². The molecule has 0 saturated carbocycles. The largest absolute Gasteiger partial charge is 0.465 e. The van der Waals surface area contributed by atoms with Crippen LogP contribution in [-0.4, -0.2) is 25.2 Å². The van der Waals surface area contributed by atoms with Gasteiger partial charge >= 0.3 is 11.9 Å². The summed E-state index contributed by atoms with van der Waals surface area (Å²) in [6, 6.07) is 0. The molecule has 1 unspecified atom stereocenters. The average Bonchev–Trinajstić information content (AvgIpc) is 3.02. The fraction of sp³-hybridized carbons (Fsp3) is 0.700. The number of allylic oxidation sites excluding steroid dienone is 10. The molecule has 0 radical (unpaired) electrons. The van der Waals surface area contributed by atoms with Gasteiger partial charge in [-0.05, 0) is 77.0 Å². The number of hydrogen-bond acceptors (Lipinski definition) is 4. The molecule has 0 amide bonds. The summed E-state index contributed by atoms with van der Waals surface area (Å²) in [6.07, 6.45) is 46.1. The summed E-state index contributed by atoms with van der Waals surface area (Å²) in [6.45, 7) is 6.97. The number of rotatable bonds is 31. The lowest BCUT2D eigenvalue weighted by Crippen LogP contribution is -2.18. The highest BCUT2D eigenvalue weighted by atomic mass is 16.5. The molecule has 44 heavy (non-hydrogen) atoms. The van der Waals surface area contributed by atoms with Gasteiger partial charge in [0.05, 0.1) is 13.2 Å². The predicted octanol–water partition coefficient (Wildman–Crippen LogP) is 12.1. The molecule has 252 valence electrons. The van der Waals surface area contributed by atoms with Crippen molar-refractivity contribution < 1.29 is 19.1 Å². The summed E-state index contributed by atoms with van der Waals surface area (Å²) in [5.41, 5.74) is 0. The minimum absolute atomic E-state index is 0.0222. The molecule has 4 heteroatoms. The quantitative estimate of drug-likeness (QED) is 0.0444. The van der Waals surface area contributed by atoms with Gasteiger partial charge in [0.15, 0.2) is 0 Å². The third-order valence-corrected chi connectivity index (χ3v) is 7.42. The highest BCUT2D eigenvalue weighted by Gasteiger charge is 2.10. The Morgan fingerprint density at radius 2 is 0.841 bits per heavy atom. The zero-order valence-electron chi connectivity index (χ0n) is 29.0. The van der Waals surface area contributed by atoms with Crippen molar-refractivity contribution in [2.24, 2.45) is 5.92 Å². The molecule has 0 heterocycles. The molecule has 0 N–H and O–H groups in total. The molecule has 0 saturated heterocycles. The summed E-state index contributed by atoms with van der Waals surface area (Å²) in [5.74, 6) is -0.264. The van der Waals surface area contributed by atoms with Crippen molar-refractivity contribution >= 4 is 11.9 Å². The van der Waals surface area contributed by atoms with Crippen molar-refractivity contribution in [1.82, 2.24) is 0 Å². The zero-order valence-corrected chi connectivity index (χ0v) is 29.0. The van der Waals surface area contributed by atoms with Crippen LogP contribution in [0.2, 0.25) is 0 Å². The molecular weight excluding hydrogens is 544 g/mol. The SMILES string of the molecule is CC/C=C\C/C=C\C/C=C\CCCCCCCC(=O)OCC(C)COC(=O)CCCCCCC/C=C\C/C=C\CCCCC. The minimum atomic E-state index is -0.144. The Labute approximate surface area is 272 Å². The van der Waals surface area contributed by atoms with Gasteiger partial charge in [0.2, 0.25) is 0 Å². The molecule has 0 rings (SSSR count). The zero-order chi connectivity index (χ0) is 32.2. The van der Waals surface area contributed by atoms with Crippen LogP contribution in [0.25, 0.3) is 0 Å². The van der Waals surface area contributed by atoms with E-state index in [-0.39, 0.29) is 17.9 Å². The standard InChI is InChI=1S/C40H68O4/c1-4-6-8-10-12-14-16-18-20-22-24-26-28-30-32-34-39(41)43-36-38(3)37-44-40(42)35-33-31-29-27-25-23-21-19-17-15-13-11-9-7-5-2/h6,8,12-15,18-21,38H,4-5,7,9-11,16-17,22-37H2,1-3H3/b8-6-,14-12-,15-13-,20-18-,21-19-. The van der Waals surface area contributed by atoms with Crippen LogP contribution < -0.4 is 0 Å². The molecule has 0 aliphatic carbocycles. The second-order valence-electron chi connectivity index (χ2n) is 12.1. The monoisotopic (exact) mass is 613 g/mol. The lowest BCUT2D eigenvalue weighted by molar-refractivity contribution is -0.148. The van der Waals surface area contributed by atoms with Gasteiger partial charge in [-0.25, -0.2) is 0 Å². The van der Waals surface area contributed by atoms with Crippen LogP contribution in [0.4, 0.5) is 0 Å². The molecular formula is C40H68O4. The first kappa shape index (κ1) is 41.6. The molecule has 0 fully saturated rings. The van der Waals surface area contributed by atoms with Crippen LogP contribution >= 0.6 is 0 Å². The number of carbonyl (C=O) groups excluding carboxylic acids is 2. The lowest BCUT2D eigenvalue weighted by atomic mass is 10.1. The van der Waals surface area contributed by atoms with Gasteiger partial charge < -0.3 is 9.47 Å². The Hall–Kier alpha value is -2.36. The van der Waals surface area contributed by atoms with Gasteiger partial charge in [-0.2, -0.15) is 0 Å². The molecule has 1 atom stereocenters. The van der Waals surface area contributed by atoms with Gasteiger partial charge in [0, 0.05) is 18.8 Å². The van der Waals surface area contributed by atoms with Crippen molar-refractivity contribution in [3.63, 3.8) is 0 Å². The highest BCUT2D eigenvalue weighted by Crippen LogP contribution is 2.11. The second kappa shape index (κ2) is 35.1. The topological polar surface area (TPSA) is 52.6 Å². The third-order valence-electron chi connectivity index (χ3n) is 7.42. The molecule has 0 aliphatic rings. The molecule has 4 nitrogen and oxygen atoms in total. The Balaban J connectivity index is 3.52. The first-order chi connectivity index (χ1) is 21.6. The summed E-state index contributed by atoms with van der Waals surface area (Å²) in [4.78, 5) is 24.1. The Morgan fingerprint density at radius 1 is 0.477 bits per heavy atom. The number of esters is 2.